The van der Waals surface area contributed by atoms with Gasteiger partial charge in [-0.15, -0.1) is 11.3 Å². The molecule has 1 saturated heterocycles. The predicted molar refractivity (Wildman–Crippen MR) is 125 cm³/mol. The van der Waals surface area contributed by atoms with Crippen LogP contribution in [0.1, 0.15) is 56.1 Å². The second kappa shape index (κ2) is 9.33. The number of hydrogen-bond donors (Lipinski definition) is 1. The van der Waals surface area contributed by atoms with E-state index in [9.17, 15) is 14.7 Å². The SMILES string of the molecule is CC1CCC(C(=O)N(c2cc(-c3ccccc3)sc2C(=O)O)C2COC(C)(C)OC2)CC1. The lowest BCUT2D eigenvalue weighted by molar-refractivity contribution is -0.250. The Labute approximate surface area is 193 Å². The molecule has 1 aliphatic carbocycles. The maximum atomic E-state index is 13.8. The summed E-state index contributed by atoms with van der Waals surface area (Å²) < 4.78 is 11.7. The van der Waals surface area contributed by atoms with Gasteiger partial charge in [0.25, 0.3) is 0 Å². The van der Waals surface area contributed by atoms with Crippen LogP contribution in [0.5, 0.6) is 0 Å². The largest absolute Gasteiger partial charge is 0.477 e. The molecule has 0 atom stereocenters. The van der Waals surface area contributed by atoms with Crippen LogP contribution >= 0.6 is 11.3 Å². The first-order chi connectivity index (χ1) is 15.2. The highest BCUT2D eigenvalue weighted by molar-refractivity contribution is 7.18. The van der Waals surface area contributed by atoms with Crippen LogP contribution in [0.2, 0.25) is 0 Å². The number of benzene rings is 1. The fraction of sp³-hybridized carbons (Fsp3) is 0.520. The Bertz CT molecular complexity index is 952. The Morgan fingerprint density at radius 1 is 1.06 bits per heavy atom. The van der Waals surface area contributed by atoms with E-state index < -0.39 is 11.8 Å². The lowest BCUT2D eigenvalue weighted by atomic mass is 9.82. The Balaban J connectivity index is 1.73. The van der Waals surface area contributed by atoms with Crippen molar-refractivity contribution in [2.75, 3.05) is 18.1 Å². The Morgan fingerprint density at radius 3 is 2.28 bits per heavy atom. The van der Waals surface area contributed by atoms with E-state index in [1.807, 2.05) is 50.2 Å². The van der Waals surface area contributed by atoms with Gasteiger partial charge in [0.05, 0.1) is 24.9 Å². The van der Waals surface area contributed by atoms with E-state index >= 15 is 0 Å². The minimum absolute atomic E-state index is 0.0197. The molecule has 32 heavy (non-hydrogen) atoms. The molecule has 2 fully saturated rings. The number of carboxylic acid groups (broad SMARTS) is 1. The molecule has 7 heteroatoms. The third-order valence-corrected chi connectivity index (χ3v) is 7.60. The summed E-state index contributed by atoms with van der Waals surface area (Å²) in [5.74, 6) is -1.25. The smallest absolute Gasteiger partial charge is 0.348 e. The van der Waals surface area contributed by atoms with Crippen LogP contribution in [0.25, 0.3) is 10.4 Å². The third kappa shape index (κ3) is 4.90. The normalized spacial score (nSPS) is 23.6. The molecule has 1 N–H and O–H groups in total. The molecule has 1 aliphatic heterocycles. The summed E-state index contributed by atoms with van der Waals surface area (Å²) in [5.41, 5.74) is 1.38. The van der Waals surface area contributed by atoms with Gasteiger partial charge in [0.2, 0.25) is 5.91 Å². The summed E-state index contributed by atoms with van der Waals surface area (Å²) in [4.78, 5) is 28.7. The van der Waals surface area contributed by atoms with Crippen molar-refractivity contribution >= 4 is 28.9 Å². The number of ether oxygens (including phenoxy) is 2. The summed E-state index contributed by atoms with van der Waals surface area (Å²) in [5, 5.41) is 9.99. The van der Waals surface area contributed by atoms with E-state index in [1.165, 1.54) is 11.3 Å². The monoisotopic (exact) mass is 457 g/mol. The number of anilines is 1. The lowest BCUT2D eigenvalue weighted by Crippen LogP contribution is -2.54. The number of rotatable bonds is 5. The zero-order valence-corrected chi connectivity index (χ0v) is 19.7. The summed E-state index contributed by atoms with van der Waals surface area (Å²) >= 11 is 1.20. The van der Waals surface area contributed by atoms with Gasteiger partial charge in [0.1, 0.15) is 4.88 Å². The molecule has 0 unspecified atom stereocenters. The highest BCUT2D eigenvalue weighted by Crippen LogP contribution is 2.40. The predicted octanol–water partition coefficient (Wildman–Crippen LogP) is 5.42. The Kier molecular flexibility index (Phi) is 6.70. The first-order valence-corrected chi connectivity index (χ1v) is 12.1. The van der Waals surface area contributed by atoms with Gasteiger partial charge in [-0.2, -0.15) is 0 Å². The summed E-state index contributed by atoms with van der Waals surface area (Å²) in [7, 11) is 0. The van der Waals surface area contributed by atoms with Crippen LogP contribution in [0.3, 0.4) is 0 Å². The number of carbonyl (C=O) groups excluding carboxylic acids is 1. The number of thiophene rings is 1. The molecule has 1 saturated carbocycles. The molecule has 2 aliphatic rings. The van der Waals surface area contributed by atoms with Gasteiger partial charge in [-0.1, -0.05) is 37.3 Å². The average Bonchev–Trinajstić information content (AvgIpc) is 3.21. The van der Waals surface area contributed by atoms with Gasteiger partial charge >= 0.3 is 5.97 Å². The maximum Gasteiger partial charge on any atom is 0.348 e. The molecular weight excluding hydrogens is 426 g/mol. The van der Waals surface area contributed by atoms with Crippen LogP contribution in [0.4, 0.5) is 5.69 Å². The topological polar surface area (TPSA) is 76.1 Å². The second-order valence-electron chi connectivity index (χ2n) is 9.34. The van der Waals surface area contributed by atoms with Crippen molar-refractivity contribution in [2.45, 2.75) is 58.3 Å². The zero-order chi connectivity index (χ0) is 22.9. The molecule has 4 rings (SSSR count). The lowest BCUT2D eigenvalue weighted by Gasteiger charge is -2.41. The quantitative estimate of drug-likeness (QED) is 0.648. The van der Waals surface area contributed by atoms with Crippen LogP contribution in [0, 0.1) is 11.8 Å². The van der Waals surface area contributed by atoms with E-state index in [4.69, 9.17) is 9.47 Å². The van der Waals surface area contributed by atoms with Crippen molar-refractivity contribution in [3.05, 3.63) is 41.3 Å². The van der Waals surface area contributed by atoms with Gasteiger partial charge in [-0.05, 0) is 57.1 Å². The van der Waals surface area contributed by atoms with E-state index in [1.54, 1.807) is 4.90 Å². The van der Waals surface area contributed by atoms with Crippen LogP contribution in [-0.4, -0.2) is 42.0 Å². The first-order valence-electron chi connectivity index (χ1n) is 11.3. The van der Waals surface area contributed by atoms with Crippen molar-refractivity contribution in [3.63, 3.8) is 0 Å². The molecule has 0 bridgehead atoms. The van der Waals surface area contributed by atoms with Crippen molar-refractivity contribution in [3.8, 4) is 10.4 Å². The Hall–Kier alpha value is -2.22. The number of nitrogens with zero attached hydrogens (tertiary/aromatic N) is 1. The van der Waals surface area contributed by atoms with Crippen molar-refractivity contribution in [2.24, 2.45) is 11.8 Å². The molecule has 2 aromatic rings. The zero-order valence-electron chi connectivity index (χ0n) is 18.9. The second-order valence-corrected chi connectivity index (χ2v) is 10.4. The molecular formula is C25H31NO5S. The van der Waals surface area contributed by atoms with E-state index in [-0.39, 0.29) is 22.7 Å². The molecule has 1 aromatic heterocycles. The van der Waals surface area contributed by atoms with Crippen LogP contribution in [0.15, 0.2) is 36.4 Å². The Morgan fingerprint density at radius 2 is 1.69 bits per heavy atom. The minimum Gasteiger partial charge on any atom is -0.477 e. The van der Waals surface area contributed by atoms with E-state index in [2.05, 4.69) is 6.92 Å². The van der Waals surface area contributed by atoms with Crippen molar-refractivity contribution in [1.29, 1.82) is 0 Å². The van der Waals surface area contributed by atoms with Gasteiger partial charge in [0, 0.05) is 10.8 Å². The first kappa shape index (κ1) is 23.0. The van der Waals surface area contributed by atoms with Gasteiger partial charge in [0.15, 0.2) is 5.79 Å². The molecule has 1 amide bonds. The van der Waals surface area contributed by atoms with Crippen molar-refractivity contribution in [1.82, 2.24) is 0 Å². The average molecular weight is 458 g/mol. The standard InChI is InChI=1S/C25H31NO5S/c1-16-9-11-18(12-10-16)23(27)26(19-14-30-25(2,3)31-15-19)20-13-21(32-22(20)24(28)29)17-7-5-4-6-8-17/h4-8,13,16,18-19H,9-12,14-15H2,1-3H3,(H,28,29). The fourth-order valence-corrected chi connectivity index (χ4v) is 5.48. The van der Waals surface area contributed by atoms with E-state index in [0.717, 1.165) is 36.1 Å². The molecule has 6 nitrogen and oxygen atoms in total. The summed E-state index contributed by atoms with van der Waals surface area (Å²) in [6, 6.07) is 11.1. The van der Waals surface area contributed by atoms with Gasteiger partial charge in [-0.25, -0.2) is 4.79 Å². The summed E-state index contributed by atoms with van der Waals surface area (Å²) in [6.07, 6.45) is 3.68. The van der Waals surface area contributed by atoms with Gasteiger partial charge < -0.3 is 19.5 Å². The minimum atomic E-state index is -1.03. The van der Waals surface area contributed by atoms with E-state index in [0.29, 0.717) is 24.8 Å². The molecule has 0 radical (unpaired) electrons. The highest BCUT2D eigenvalue weighted by atomic mass is 32.1. The van der Waals surface area contributed by atoms with Gasteiger partial charge in [-0.3, -0.25) is 4.79 Å². The molecule has 172 valence electrons. The number of amides is 1. The summed E-state index contributed by atoms with van der Waals surface area (Å²) in [6.45, 7) is 6.52. The molecule has 0 spiro atoms. The highest BCUT2D eigenvalue weighted by Gasteiger charge is 2.39. The number of hydrogen-bond acceptors (Lipinski definition) is 5. The number of carboxylic acids is 1. The third-order valence-electron chi connectivity index (χ3n) is 6.44. The molecule has 1 aromatic carbocycles. The maximum absolute atomic E-state index is 13.8. The molecule has 2 heterocycles. The van der Waals surface area contributed by atoms with Crippen molar-refractivity contribution < 1.29 is 24.2 Å². The van der Waals surface area contributed by atoms with Crippen LogP contribution in [-0.2, 0) is 14.3 Å². The fourth-order valence-electron chi connectivity index (χ4n) is 4.49. The number of carbonyl (C=O) groups is 2. The van der Waals surface area contributed by atoms with Crippen LogP contribution < -0.4 is 4.90 Å². The number of aromatic carboxylic acids is 1.